The molecule has 0 atom stereocenters. The molecule has 0 aromatic heterocycles. The zero-order chi connectivity index (χ0) is 49.2. The number of hydrogen-bond donors (Lipinski definition) is 3. The van der Waals surface area contributed by atoms with E-state index in [0.29, 0.717) is 11.8 Å². The largest absolute Gasteiger partial charge is 0.417 e. The summed E-state index contributed by atoms with van der Waals surface area (Å²) in [6.07, 6.45) is -8.18. The van der Waals surface area contributed by atoms with Crippen molar-refractivity contribution >= 4 is 81.6 Å². The molecular formula is C44H39F8N9O3S2. The Morgan fingerprint density at radius 1 is 0.758 bits per heavy atom. The van der Waals surface area contributed by atoms with Crippen molar-refractivity contribution in [1.82, 2.24) is 10.6 Å². The SMILES string of the molecule is C.CNC(=O)c1ccc(N2C(=S)N(c3ccc(C#N)c(C(F)(F)F)c3)C(=O)C2(C)C)cc1F.CNC(=O)c1ccc(NC(C)(C)C#N)cc1F.N#Cc1ccc(N=CC=S)cc1C(F)(F)F. The smallest absolute Gasteiger partial charge is 0.368 e. The van der Waals surface area contributed by atoms with Gasteiger partial charge in [0.2, 0.25) is 0 Å². The number of hydrogen-bond acceptors (Lipinski definition) is 10. The van der Waals surface area contributed by atoms with Crippen LogP contribution in [0.3, 0.4) is 0 Å². The number of aliphatic imine (C=N–C) groups is 1. The Bertz CT molecular complexity index is 2680. The number of nitrogens with one attached hydrogen (secondary N) is 3. The molecule has 0 aliphatic carbocycles. The number of amides is 3. The highest BCUT2D eigenvalue weighted by Gasteiger charge is 2.51. The molecular weight excluding hydrogens is 919 g/mol. The Morgan fingerprint density at radius 3 is 1.70 bits per heavy atom. The first-order valence-corrected chi connectivity index (χ1v) is 19.2. The maximum absolute atomic E-state index is 14.5. The first kappa shape index (κ1) is 54.8. The lowest BCUT2D eigenvalue weighted by atomic mass is 10.0. The number of nitriles is 3. The number of halogens is 8. The van der Waals surface area contributed by atoms with Crippen molar-refractivity contribution in [2.75, 3.05) is 29.2 Å². The number of rotatable bonds is 8. The predicted molar refractivity (Wildman–Crippen MR) is 240 cm³/mol. The van der Waals surface area contributed by atoms with E-state index in [2.05, 4.69) is 33.2 Å². The minimum atomic E-state index is -4.82. The molecule has 1 fully saturated rings. The van der Waals surface area contributed by atoms with E-state index < -0.39 is 75.0 Å². The molecule has 5 rings (SSSR count). The van der Waals surface area contributed by atoms with Gasteiger partial charge in [-0.2, -0.15) is 42.1 Å². The second kappa shape index (κ2) is 22.0. The summed E-state index contributed by atoms with van der Waals surface area (Å²) >= 11 is 9.84. The molecule has 66 heavy (non-hydrogen) atoms. The summed E-state index contributed by atoms with van der Waals surface area (Å²) < 4.78 is 106. The molecule has 346 valence electrons. The van der Waals surface area contributed by atoms with E-state index in [9.17, 15) is 49.5 Å². The fourth-order valence-electron chi connectivity index (χ4n) is 5.78. The van der Waals surface area contributed by atoms with Crippen molar-refractivity contribution in [2.45, 2.75) is 58.6 Å². The van der Waals surface area contributed by atoms with Gasteiger partial charge >= 0.3 is 12.4 Å². The van der Waals surface area contributed by atoms with Crippen LogP contribution in [-0.2, 0) is 17.1 Å². The van der Waals surface area contributed by atoms with Crippen LogP contribution in [0.1, 0.15) is 78.1 Å². The van der Waals surface area contributed by atoms with Gasteiger partial charge < -0.3 is 20.9 Å². The fourth-order valence-corrected chi connectivity index (χ4v) is 6.37. The molecule has 1 heterocycles. The normalized spacial score (nSPS) is 13.1. The Labute approximate surface area is 385 Å². The summed E-state index contributed by atoms with van der Waals surface area (Å²) in [4.78, 5) is 42.0. The van der Waals surface area contributed by atoms with Gasteiger partial charge in [-0.1, -0.05) is 19.6 Å². The second-order valence-corrected chi connectivity index (χ2v) is 14.9. The van der Waals surface area contributed by atoms with E-state index in [0.717, 1.165) is 29.2 Å². The summed E-state index contributed by atoms with van der Waals surface area (Å²) in [6, 6.07) is 18.8. The fraction of sp³-hybridized carbons (Fsp3) is 0.250. The predicted octanol–water partition coefficient (Wildman–Crippen LogP) is 9.81. The van der Waals surface area contributed by atoms with Gasteiger partial charge in [0, 0.05) is 37.1 Å². The van der Waals surface area contributed by atoms with Crippen LogP contribution in [0.4, 0.5) is 57.9 Å². The molecule has 3 N–H and O–H groups in total. The van der Waals surface area contributed by atoms with Gasteiger partial charge in [0.05, 0.1) is 63.0 Å². The van der Waals surface area contributed by atoms with Crippen molar-refractivity contribution in [3.63, 3.8) is 0 Å². The van der Waals surface area contributed by atoms with Crippen molar-refractivity contribution in [3.8, 4) is 18.2 Å². The third kappa shape index (κ3) is 12.9. The molecule has 0 unspecified atom stereocenters. The number of anilines is 3. The van der Waals surface area contributed by atoms with Crippen molar-refractivity contribution < 1.29 is 49.5 Å². The van der Waals surface area contributed by atoms with E-state index in [1.807, 2.05) is 6.07 Å². The third-order valence-corrected chi connectivity index (χ3v) is 9.42. The standard InChI is InChI=1S/C21H16F4N4O2S.C12H14FN3O.C10H5F3N2S.CH4/c1-20(2)18(31)28(12-5-4-11(10-26)15(8-12)21(23,24)25)19(32)29(20)13-6-7-14(16(22)9-13)17(30)27-3;1-12(2,7-14)16-8-4-5-9(10(13)6-8)11(17)15-3;11-10(12,13)9-5-8(15-3-4-16)2-1-7(9)6-14;/h4-9H,1-3H3,(H,27,30);4-6,16H,1-3H3,(H,15,17);1-5H;1H4. The average Bonchev–Trinajstić information content (AvgIpc) is 3.43. The van der Waals surface area contributed by atoms with Gasteiger partial charge in [0.1, 0.15) is 22.7 Å². The van der Waals surface area contributed by atoms with Crippen LogP contribution in [0.5, 0.6) is 0 Å². The Kier molecular flexibility index (Phi) is 18.3. The molecule has 1 aliphatic heterocycles. The Hall–Kier alpha value is -7.35. The van der Waals surface area contributed by atoms with Crippen LogP contribution < -0.4 is 25.8 Å². The number of carbonyl (C=O) groups excluding carboxylic acids is 3. The number of alkyl halides is 6. The number of benzene rings is 4. The maximum atomic E-state index is 14.5. The zero-order valence-corrected chi connectivity index (χ0v) is 36.5. The van der Waals surface area contributed by atoms with Gasteiger partial charge in [-0.25, -0.2) is 8.78 Å². The molecule has 12 nitrogen and oxygen atoms in total. The molecule has 3 amide bonds. The van der Waals surface area contributed by atoms with Gasteiger partial charge in [-0.3, -0.25) is 24.3 Å². The molecule has 0 bridgehead atoms. The topological polar surface area (TPSA) is 178 Å². The van der Waals surface area contributed by atoms with Crippen LogP contribution >= 0.6 is 24.4 Å². The lowest BCUT2D eigenvalue weighted by Gasteiger charge is -2.29. The molecule has 0 radical (unpaired) electrons. The molecule has 1 aliphatic rings. The highest BCUT2D eigenvalue weighted by atomic mass is 32.1. The van der Waals surface area contributed by atoms with Crippen LogP contribution in [-0.4, -0.2) is 59.6 Å². The van der Waals surface area contributed by atoms with Crippen LogP contribution in [0, 0.1) is 45.6 Å². The highest BCUT2D eigenvalue weighted by Crippen LogP contribution is 2.40. The Balaban J connectivity index is 0.000000372. The van der Waals surface area contributed by atoms with Crippen molar-refractivity contribution in [1.29, 1.82) is 15.8 Å². The quantitative estimate of drug-likeness (QED) is 0.0875. The lowest BCUT2D eigenvalue weighted by molar-refractivity contribution is -0.138. The average molecular weight is 958 g/mol. The molecule has 0 saturated carbocycles. The number of carbonyl (C=O) groups is 3. The van der Waals surface area contributed by atoms with E-state index in [1.54, 1.807) is 19.9 Å². The molecule has 22 heteroatoms. The monoisotopic (exact) mass is 957 g/mol. The highest BCUT2D eigenvalue weighted by molar-refractivity contribution is 7.81. The van der Waals surface area contributed by atoms with Gasteiger partial charge in [-0.05, 0) is 113 Å². The first-order valence-electron chi connectivity index (χ1n) is 18.3. The minimum absolute atomic E-state index is 0. The summed E-state index contributed by atoms with van der Waals surface area (Å²) in [5, 5.41) is 34.9. The van der Waals surface area contributed by atoms with Crippen molar-refractivity contribution in [3.05, 3.63) is 118 Å². The summed E-state index contributed by atoms with van der Waals surface area (Å²) in [5.74, 6) is -3.25. The van der Waals surface area contributed by atoms with Crippen LogP contribution in [0.2, 0.25) is 0 Å². The Morgan fingerprint density at radius 2 is 1.24 bits per heavy atom. The van der Waals surface area contributed by atoms with Crippen LogP contribution in [0.15, 0.2) is 77.8 Å². The van der Waals surface area contributed by atoms with Gasteiger partial charge in [0.15, 0.2) is 5.11 Å². The van der Waals surface area contributed by atoms with Crippen LogP contribution in [0.25, 0.3) is 0 Å². The van der Waals surface area contributed by atoms with E-state index in [4.69, 9.17) is 28.0 Å². The molecule has 1 saturated heterocycles. The zero-order valence-electron chi connectivity index (χ0n) is 34.8. The summed E-state index contributed by atoms with van der Waals surface area (Å²) in [5.41, 5.74) is -5.08. The molecule has 0 spiro atoms. The van der Waals surface area contributed by atoms with E-state index >= 15 is 0 Å². The maximum Gasteiger partial charge on any atom is 0.417 e. The van der Waals surface area contributed by atoms with E-state index in [-0.39, 0.29) is 40.7 Å². The second-order valence-electron chi connectivity index (χ2n) is 14.3. The molecule has 4 aromatic carbocycles. The minimum Gasteiger partial charge on any atom is -0.368 e. The summed E-state index contributed by atoms with van der Waals surface area (Å²) in [7, 11) is 2.78. The van der Waals surface area contributed by atoms with Gasteiger partial charge in [-0.15, -0.1) is 0 Å². The molecule has 4 aromatic rings. The summed E-state index contributed by atoms with van der Waals surface area (Å²) in [6.45, 7) is 6.33. The third-order valence-electron chi connectivity index (χ3n) is 8.93. The lowest BCUT2D eigenvalue weighted by Crippen LogP contribution is -2.44. The van der Waals surface area contributed by atoms with E-state index in [1.165, 1.54) is 93.0 Å². The first-order chi connectivity index (χ1) is 30.2. The number of nitrogens with zero attached hydrogens (tertiary/aromatic N) is 6. The van der Waals surface area contributed by atoms with Gasteiger partial charge in [0.25, 0.3) is 17.7 Å². The number of thiocarbonyl (C=S) groups is 2. The van der Waals surface area contributed by atoms with Crippen molar-refractivity contribution in [2.24, 2.45) is 4.99 Å².